The molecule has 0 spiro atoms. The molecule has 142 valence electrons. The molecule has 0 unspecified atom stereocenters. The summed E-state index contributed by atoms with van der Waals surface area (Å²) in [5.41, 5.74) is 0.0431. The Morgan fingerprint density at radius 2 is 2.04 bits per heavy atom. The number of benzene rings is 1. The molecule has 26 heavy (non-hydrogen) atoms. The van der Waals surface area contributed by atoms with E-state index >= 15 is 0 Å². The molecule has 1 aromatic rings. The lowest BCUT2D eigenvalue weighted by atomic mass is 9.88. The zero-order valence-electron chi connectivity index (χ0n) is 14.6. The van der Waals surface area contributed by atoms with Gasteiger partial charge in [0, 0.05) is 25.2 Å². The van der Waals surface area contributed by atoms with Crippen molar-refractivity contribution < 1.29 is 23.1 Å². The summed E-state index contributed by atoms with van der Waals surface area (Å²) in [5.74, 6) is -5.06. The van der Waals surface area contributed by atoms with Gasteiger partial charge in [-0.15, -0.1) is 0 Å². The Morgan fingerprint density at radius 1 is 1.42 bits per heavy atom. The summed E-state index contributed by atoms with van der Waals surface area (Å²) in [6, 6.07) is 4.38. The van der Waals surface area contributed by atoms with Gasteiger partial charge < -0.3 is 15.3 Å². The summed E-state index contributed by atoms with van der Waals surface area (Å²) in [7, 11) is 1.56. The van der Waals surface area contributed by atoms with E-state index in [1.165, 1.54) is 30.5 Å². The van der Waals surface area contributed by atoms with Crippen LogP contribution in [0.5, 0.6) is 0 Å². The Hall–Kier alpha value is -2.35. The number of carbonyl (C=O) groups is 1. The van der Waals surface area contributed by atoms with Crippen molar-refractivity contribution in [3.05, 3.63) is 41.8 Å². The lowest BCUT2D eigenvalue weighted by molar-refractivity contribution is -0.149. The minimum absolute atomic E-state index is 0.149. The van der Waals surface area contributed by atoms with Crippen molar-refractivity contribution in [1.82, 2.24) is 10.2 Å². The van der Waals surface area contributed by atoms with Crippen LogP contribution in [-0.2, 0) is 4.79 Å². The Labute approximate surface area is 150 Å². The fourth-order valence-electron chi connectivity index (χ4n) is 3.18. The van der Waals surface area contributed by atoms with Crippen molar-refractivity contribution in [2.24, 2.45) is 5.92 Å². The van der Waals surface area contributed by atoms with Crippen LogP contribution in [0.15, 0.2) is 30.5 Å². The Bertz CT molecular complexity index is 704. The number of hydrogen-bond donors (Lipinski definition) is 3. The monoisotopic (exact) mass is 369 g/mol. The van der Waals surface area contributed by atoms with Crippen LogP contribution in [0.3, 0.4) is 0 Å². The molecule has 0 saturated carbocycles. The summed E-state index contributed by atoms with van der Waals surface area (Å²) in [4.78, 5) is 13.6. The Kier molecular flexibility index (Phi) is 6.07. The van der Waals surface area contributed by atoms with Crippen molar-refractivity contribution in [2.75, 3.05) is 20.2 Å². The third-order valence-electron chi connectivity index (χ3n) is 4.45. The van der Waals surface area contributed by atoms with E-state index in [1.54, 1.807) is 14.0 Å². The van der Waals surface area contributed by atoms with E-state index in [0.717, 1.165) is 4.90 Å². The van der Waals surface area contributed by atoms with Crippen LogP contribution in [0.4, 0.5) is 13.2 Å². The second-order valence-corrected chi connectivity index (χ2v) is 6.45. The van der Waals surface area contributed by atoms with Gasteiger partial charge in [0.2, 0.25) is 0 Å². The molecule has 1 saturated heterocycles. The van der Waals surface area contributed by atoms with Crippen molar-refractivity contribution in [1.29, 1.82) is 5.41 Å². The molecule has 5 nitrogen and oxygen atoms in total. The van der Waals surface area contributed by atoms with Crippen LogP contribution in [0.25, 0.3) is 5.57 Å². The number of hydrogen-bond acceptors (Lipinski definition) is 4. The molecule has 2 rings (SSSR count). The van der Waals surface area contributed by atoms with Crippen LogP contribution >= 0.6 is 0 Å². The molecule has 1 aromatic carbocycles. The SMILES string of the molecule is CN/C=C(\C(=N)C(=O)N1CC(F)(F)C[C@@H](C)[C@H]1CO)c1ccc(F)cc1. The van der Waals surface area contributed by atoms with Crippen LogP contribution in [0, 0.1) is 17.1 Å². The first kappa shape index (κ1) is 20.0. The topological polar surface area (TPSA) is 76.4 Å². The number of amides is 1. The number of piperidine rings is 1. The number of nitrogens with one attached hydrogen (secondary N) is 2. The standard InChI is InChI=1S/C18H22F3N3O2/c1-11-7-18(20,21)10-24(15(11)9-25)17(26)16(22)14(8-23-2)12-3-5-13(19)6-4-12/h3-6,8,11,15,22-23,25H,7,9-10H2,1-2H3/b14-8-,22-16?/t11-,15-/m1/s1. The van der Waals surface area contributed by atoms with Gasteiger partial charge in [0.1, 0.15) is 11.5 Å². The first-order chi connectivity index (χ1) is 12.2. The van der Waals surface area contributed by atoms with Crippen LogP contribution in [-0.4, -0.2) is 53.8 Å². The van der Waals surface area contributed by atoms with Gasteiger partial charge in [0.05, 0.1) is 19.2 Å². The van der Waals surface area contributed by atoms with Gasteiger partial charge in [0.15, 0.2) is 0 Å². The van der Waals surface area contributed by atoms with Crippen molar-refractivity contribution in [3.8, 4) is 0 Å². The molecule has 1 aliphatic heterocycles. The lowest BCUT2D eigenvalue weighted by Gasteiger charge is -2.42. The van der Waals surface area contributed by atoms with Gasteiger partial charge in [0.25, 0.3) is 11.8 Å². The fraction of sp³-hybridized carbons (Fsp3) is 0.444. The smallest absolute Gasteiger partial charge is 0.272 e. The molecule has 1 amide bonds. The van der Waals surface area contributed by atoms with Gasteiger partial charge in [-0.2, -0.15) is 0 Å². The number of halogens is 3. The van der Waals surface area contributed by atoms with Crippen molar-refractivity contribution in [3.63, 3.8) is 0 Å². The molecule has 3 N–H and O–H groups in total. The average Bonchev–Trinajstić information content (AvgIpc) is 2.58. The van der Waals surface area contributed by atoms with E-state index in [0.29, 0.717) is 5.56 Å². The molecule has 0 aromatic heterocycles. The number of aliphatic hydroxyl groups is 1. The third kappa shape index (κ3) is 4.24. The second kappa shape index (κ2) is 7.90. The van der Waals surface area contributed by atoms with Crippen LogP contribution in [0.1, 0.15) is 18.9 Å². The highest BCUT2D eigenvalue weighted by Gasteiger charge is 2.46. The number of carbonyl (C=O) groups excluding carboxylic acids is 1. The first-order valence-electron chi connectivity index (χ1n) is 8.22. The molecule has 0 radical (unpaired) electrons. The maximum absolute atomic E-state index is 13.9. The van der Waals surface area contributed by atoms with E-state index in [-0.39, 0.29) is 5.57 Å². The maximum Gasteiger partial charge on any atom is 0.272 e. The molecule has 2 atom stereocenters. The molecule has 8 heteroatoms. The van der Waals surface area contributed by atoms with Gasteiger partial charge in [-0.25, -0.2) is 13.2 Å². The predicted octanol–water partition coefficient (Wildman–Crippen LogP) is 2.27. The highest BCUT2D eigenvalue weighted by Crippen LogP contribution is 2.34. The second-order valence-electron chi connectivity index (χ2n) is 6.45. The summed E-state index contributed by atoms with van der Waals surface area (Å²) >= 11 is 0. The van der Waals surface area contributed by atoms with Crippen molar-refractivity contribution >= 4 is 17.2 Å². The third-order valence-corrected chi connectivity index (χ3v) is 4.45. The summed E-state index contributed by atoms with van der Waals surface area (Å²) < 4.78 is 41.0. The largest absolute Gasteiger partial charge is 0.394 e. The maximum atomic E-state index is 13.9. The van der Waals surface area contributed by atoms with Crippen LogP contribution < -0.4 is 5.32 Å². The normalized spacial score (nSPS) is 22.8. The van der Waals surface area contributed by atoms with Crippen LogP contribution in [0.2, 0.25) is 0 Å². The van der Waals surface area contributed by atoms with E-state index in [1.807, 2.05) is 0 Å². The lowest BCUT2D eigenvalue weighted by Crippen LogP contribution is -2.58. The molecule has 0 aliphatic carbocycles. The number of rotatable bonds is 5. The van der Waals surface area contributed by atoms with E-state index in [4.69, 9.17) is 5.41 Å². The summed E-state index contributed by atoms with van der Waals surface area (Å²) in [6.07, 6.45) is 0.958. The minimum atomic E-state index is -3.08. The van der Waals surface area contributed by atoms with Gasteiger partial charge in [-0.1, -0.05) is 19.1 Å². The van der Waals surface area contributed by atoms with E-state index < -0.39 is 54.9 Å². The highest BCUT2D eigenvalue weighted by molar-refractivity contribution is 6.54. The zero-order chi connectivity index (χ0) is 19.5. The minimum Gasteiger partial charge on any atom is -0.394 e. The average molecular weight is 369 g/mol. The van der Waals surface area contributed by atoms with Gasteiger partial charge >= 0.3 is 0 Å². The summed E-state index contributed by atoms with van der Waals surface area (Å²) in [6.45, 7) is 0.236. The number of aliphatic hydroxyl groups excluding tert-OH is 1. The quantitative estimate of drug-likeness (QED) is 0.697. The van der Waals surface area contributed by atoms with Gasteiger partial charge in [-0.05, 0) is 23.6 Å². The Balaban J connectivity index is 2.34. The molecular formula is C18H22F3N3O2. The Morgan fingerprint density at radius 3 is 2.58 bits per heavy atom. The molecule has 0 bridgehead atoms. The molecular weight excluding hydrogens is 347 g/mol. The number of nitrogens with zero attached hydrogens (tertiary/aromatic N) is 1. The van der Waals surface area contributed by atoms with E-state index in [9.17, 15) is 23.1 Å². The summed E-state index contributed by atoms with van der Waals surface area (Å²) in [5, 5.41) is 20.5. The van der Waals surface area contributed by atoms with E-state index in [2.05, 4.69) is 5.32 Å². The number of alkyl halides is 2. The van der Waals surface area contributed by atoms with Crippen molar-refractivity contribution in [2.45, 2.75) is 25.3 Å². The molecule has 1 heterocycles. The molecule has 1 fully saturated rings. The number of likely N-dealkylation sites (tertiary alicyclic amines) is 1. The fourth-order valence-corrected chi connectivity index (χ4v) is 3.18. The first-order valence-corrected chi connectivity index (χ1v) is 8.22. The predicted molar refractivity (Wildman–Crippen MR) is 92.5 cm³/mol. The molecule has 1 aliphatic rings. The zero-order valence-corrected chi connectivity index (χ0v) is 14.6. The van der Waals surface area contributed by atoms with Gasteiger partial charge in [-0.3, -0.25) is 10.2 Å². The highest BCUT2D eigenvalue weighted by atomic mass is 19.3.